The van der Waals surface area contributed by atoms with Gasteiger partial charge >= 0.3 is 0 Å². The van der Waals surface area contributed by atoms with E-state index in [9.17, 15) is 24.0 Å². The Morgan fingerprint density at radius 2 is 1.13 bits per heavy atom. The van der Waals surface area contributed by atoms with Crippen molar-refractivity contribution in [3.8, 4) is 12.1 Å². The van der Waals surface area contributed by atoms with Gasteiger partial charge in [-0.15, -0.1) is 0 Å². The van der Waals surface area contributed by atoms with Gasteiger partial charge in [0.1, 0.15) is 29.6 Å². The van der Waals surface area contributed by atoms with Crippen molar-refractivity contribution in [2.75, 3.05) is 32.7 Å². The summed E-state index contributed by atoms with van der Waals surface area (Å²) in [6, 6.07) is 13.6. The van der Waals surface area contributed by atoms with E-state index in [-0.39, 0.29) is 36.1 Å². The number of rotatable bonds is 21. The molecule has 16 heteroatoms. The van der Waals surface area contributed by atoms with Gasteiger partial charge in [-0.05, 0) is 68.2 Å². The van der Waals surface area contributed by atoms with Crippen molar-refractivity contribution in [1.29, 1.82) is 10.5 Å². The number of amides is 4. The van der Waals surface area contributed by atoms with Crippen LogP contribution in [0.4, 0.5) is 0 Å². The number of nitrogens with zero attached hydrogens (tertiary/aromatic N) is 4. The number of hydrogen-bond donors (Lipinski definition) is 4. The summed E-state index contributed by atoms with van der Waals surface area (Å²) in [5.41, 5.74) is -0.0329. The summed E-state index contributed by atoms with van der Waals surface area (Å²) in [4.78, 5) is 61.8. The van der Waals surface area contributed by atoms with Crippen molar-refractivity contribution in [3.63, 3.8) is 0 Å². The number of nitrogens with one attached hydrogen (secondary N) is 4. The second-order valence-electron chi connectivity index (χ2n) is 11.2. The number of carbonyl (C=O) groups is 5. The van der Waals surface area contributed by atoms with Gasteiger partial charge < -0.3 is 39.4 Å². The van der Waals surface area contributed by atoms with E-state index >= 15 is 0 Å². The van der Waals surface area contributed by atoms with E-state index in [1.807, 2.05) is 6.07 Å². The predicted octanol–water partition coefficient (Wildman–Crippen LogP) is 5.24. The zero-order valence-electron chi connectivity index (χ0n) is 30.4. The Morgan fingerprint density at radius 1 is 0.655 bits per heavy atom. The van der Waals surface area contributed by atoms with Crippen LogP contribution in [0.3, 0.4) is 0 Å². The van der Waals surface area contributed by atoms with E-state index in [0.29, 0.717) is 49.7 Å². The summed E-state index contributed by atoms with van der Waals surface area (Å²) in [6.07, 6.45) is 14.7. The van der Waals surface area contributed by atoms with E-state index in [2.05, 4.69) is 35.4 Å². The van der Waals surface area contributed by atoms with Gasteiger partial charge in [0.05, 0.1) is 31.4 Å². The maximum Gasteiger partial charge on any atom is 0.300 e. The number of nitriles is 2. The first-order valence-corrected chi connectivity index (χ1v) is 17.3. The summed E-state index contributed by atoms with van der Waals surface area (Å²) in [5.74, 6) is -0.0456. The highest BCUT2D eigenvalue weighted by molar-refractivity contribution is 6.01. The smallest absolute Gasteiger partial charge is 0.300 e. The first-order chi connectivity index (χ1) is 26.8. The molecule has 0 aliphatic rings. The highest BCUT2D eigenvalue weighted by Crippen LogP contribution is 2.10. The van der Waals surface area contributed by atoms with E-state index in [4.69, 9.17) is 32.5 Å². The molecule has 0 aliphatic heterocycles. The lowest BCUT2D eigenvalue weighted by molar-refractivity contribution is -0.120. The molecule has 4 amide bonds. The van der Waals surface area contributed by atoms with Crippen LogP contribution in [0.15, 0.2) is 79.7 Å². The summed E-state index contributed by atoms with van der Waals surface area (Å²) in [7, 11) is 0. The van der Waals surface area contributed by atoms with Crippen molar-refractivity contribution in [2.45, 2.75) is 57.8 Å². The van der Waals surface area contributed by atoms with Gasteiger partial charge in [0.25, 0.3) is 24.1 Å². The largest absolute Gasteiger partial charge is 0.466 e. The maximum atomic E-state index is 12.0. The minimum Gasteiger partial charge on any atom is -0.466 e. The SMILES string of the molecule is O=Cc1ccco1.[C-]#[N+]/C(=C\c1ccco1)C(=O)NCCCCCCNC(=O)/C(C#N)=C/c1ccco1.[C-]#[N+]CC(=O)NCCCCCCNC(=O)CC#N. The minimum atomic E-state index is -0.434. The highest BCUT2D eigenvalue weighted by atomic mass is 16.3. The average molecular weight is 753 g/mol. The zero-order chi connectivity index (χ0) is 40.4. The Labute approximate surface area is 319 Å². The molecule has 55 heavy (non-hydrogen) atoms. The van der Waals surface area contributed by atoms with Crippen molar-refractivity contribution >= 4 is 42.1 Å². The molecule has 0 bridgehead atoms. The standard InChI is InChI=1S/C22H22N4O4.C12H18N4O2.C5H4O2/c1-24-20(15-19-9-7-13-30-19)22(28)26-11-5-3-2-4-10-25-21(27)17(16-23)14-18-8-6-12-29-18;1-14-10-12(18)16-9-5-3-2-4-8-15-11(17)6-7-13;6-4-5-2-1-3-7-5/h6-9,12-15H,2-5,10-11H2,(H,25,27)(H,26,28);2-6,8-10H2,(H,15,17)(H,16,18);1-4H/b17-14+,20-15-;;. The fourth-order valence-corrected chi connectivity index (χ4v) is 4.19. The van der Waals surface area contributed by atoms with Crippen LogP contribution < -0.4 is 21.3 Å². The number of unbranched alkanes of at least 4 members (excludes halogenated alkanes) is 6. The van der Waals surface area contributed by atoms with Crippen LogP contribution in [0.25, 0.3) is 21.8 Å². The third-order valence-electron chi connectivity index (χ3n) is 6.91. The molecule has 0 spiro atoms. The van der Waals surface area contributed by atoms with Gasteiger partial charge in [0.15, 0.2) is 12.0 Å². The lowest BCUT2D eigenvalue weighted by Crippen LogP contribution is -2.26. The summed E-state index contributed by atoms with van der Waals surface area (Å²) in [5, 5.41) is 28.1. The number of hydrogen-bond acceptors (Lipinski definition) is 10. The van der Waals surface area contributed by atoms with E-state index < -0.39 is 11.8 Å². The maximum absolute atomic E-state index is 12.0. The van der Waals surface area contributed by atoms with E-state index in [0.717, 1.165) is 51.4 Å². The number of carbonyl (C=O) groups excluding carboxylic acids is 5. The second-order valence-corrected chi connectivity index (χ2v) is 11.2. The molecule has 0 aromatic carbocycles. The fraction of sp³-hybridized carbons (Fsp3) is 0.359. The first kappa shape index (κ1) is 45.9. The predicted molar refractivity (Wildman–Crippen MR) is 200 cm³/mol. The Hall–Kier alpha value is -7.17. The molecule has 0 aliphatic carbocycles. The molecule has 0 atom stereocenters. The quantitative estimate of drug-likeness (QED) is 0.0364. The topological polar surface area (TPSA) is 229 Å². The van der Waals surface area contributed by atoms with Crippen molar-refractivity contribution in [2.24, 2.45) is 0 Å². The molecule has 4 N–H and O–H groups in total. The molecule has 0 saturated carbocycles. The number of furan rings is 3. The molecule has 0 fully saturated rings. The van der Waals surface area contributed by atoms with Gasteiger partial charge in [-0.2, -0.15) is 10.5 Å². The summed E-state index contributed by atoms with van der Waals surface area (Å²) < 4.78 is 14.8. The van der Waals surface area contributed by atoms with Gasteiger partial charge in [0.2, 0.25) is 11.8 Å². The molecule has 0 radical (unpaired) electrons. The Morgan fingerprint density at radius 3 is 1.55 bits per heavy atom. The van der Waals surface area contributed by atoms with Crippen molar-refractivity contribution in [3.05, 3.63) is 107 Å². The lowest BCUT2D eigenvalue weighted by atomic mass is 10.2. The number of aldehydes is 1. The molecule has 3 rings (SSSR count). The zero-order valence-corrected chi connectivity index (χ0v) is 30.4. The molecule has 3 aromatic rings. The third kappa shape index (κ3) is 23.1. The van der Waals surface area contributed by atoms with Crippen LogP contribution in [-0.2, 0) is 19.2 Å². The van der Waals surface area contributed by atoms with Crippen LogP contribution >= 0.6 is 0 Å². The van der Waals surface area contributed by atoms with Crippen LogP contribution in [0.2, 0.25) is 0 Å². The average Bonchev–Trinajstić information content (AvgIpc) is 4.01. The van der Waals surface area contributed by atoms with Crippen LogP contribution in [0.5, 0.6) is 0 Å². The minimum absolute atomic E-state index is 0.00845. The van der Waals surface area contributed by atoms with Gasteiger partial charge in [-0.1, -0.05) is 25.7 Å². The van der Waals surface area contributed by atoms with E-state index in [1.54, 1.807) is 42.5 Å². The summed E-state index contributed by atoms with van der Waals surface area (Å²) in [6.45, 7) is 15.6. The van der Waals surface area contributed by atoms with Crippen LogP contribution in [0.1, 0.15) is 79.9 Å². The van der Waals surface area contributed by atoms with Crippen molar-refractivity contribution < 1.29 is 37.2 Å². The first-order valence-electron chi connectivity index (χ1n) is 17.3. The molecule has 16 nitrogen and oxygen atoms in total. The van der Waals surface area contributed by atoms with Gasteiger partial charge in [-0.3, -0.25) is 24.0 Å². The molecular formula is C39H44N8O8. The van der Waals surface area contributed by atoms with Gasteiger partial charge in [0, 0.05) is 32.3 Å². The molecule has 288 valence electrons. The highest BCUT2D eigenvalue weighted by Gasteiger charge is 2.11. The van der Waals surface area contributed by atoms with Crippen LogP contribution in [-0.4, -0.2) is 62.6 Å². The lowest BCUT2D eigenvalue weighted by Gasteiger charge is -2.06. The van der Waals surface area contributed by atoms with Gasteiger partial charge in [-0.25, -0.2) is 11.4 Å². The fourth-order valence-electron chi connectivity index (χ4n) is 4.19. The van der Waals surface area contributed by atoms with Crippen molar-refractivity contribution in [1.82, 2.24) is 21.3 Å². The Bertz CT molecular complexity index is 1690. The third-order valence-corrected chi connectivity index (χ3v) is 6.91. The van der Waals surface area contributed by atoms with E-state index in [1.165, 1.54) is 30.9 Å². The Kier molecular flexibility index (Phi) is 25.4. The van der Waals surface area contributed by atoms with Crippen LogP contribution in [0, 0.1) is 35.8 Å². The second kappa shape index (κ2) is 30.5. The molecule has 3 heterocycles. The molecule has 3 aromatic heterocycles. The Balaban J connectivity index is 0.000000507. The normalized spacial score (nSPS) is 10.3. The monoisotopic (exact) mass is 752 g/mol. The molecule has 0 saturated heterocycles. The molecule has 0 unspecified atom stereocenters. The molecular weight excluding hydrogens is 708 g/mol. The summed E-state index contributed by atoms with van der Waals surface area (Å²) >= 11 is 0.